The summed E-state index contributed by atoms with van der Waals surface area (Å²) in [5.41, 5.74) is 6.80. The smallest absolute Gasteiger partial charge is 0.0929 e. The van der Waals surface area contributed by atoms with Crippen LogP contribution in [-0.4, -0.2) is 10.7 Å². The first-order valence-corrected chi connectivity index (χ1v) is 8.77. The Kier molecular flexibility index (Phi) is 3.50. The van der Waals surface area contributed by atoms with Gasteiger partial charge in [0.1, 0.15) is 0 Å². The van der Waals surface area contributed by atoms with Gasteiger partial charge in [0.15, 0.2) is 0 Å². The highest BCUT2D eigenvalue weighted by atomic mass is 14.8. The van der Waals surface area contributed by atoms with Crippen molar-refractivity contribution >= 4 is 11.8 Å². The van der Waals surface area contributed by atoms with Crippen molar-refractivity contribution < 1.29 is 0 Å². The zero-order valence-corrected chi connectivity index (χ0v) is 14.1. The minimum atomic E-state index is 0.196. The second-order valence-electron chi connectivity index (χ2n) is 6.52. The average molecular weight is 332 g/mol. The van der Waals surface area contributed by atoms with E-state index in [2.05, 4.69) is 71.7 Å². The van der Waals surface area contributed by atoms with Crippen molar-refractivity contribution in [2.45, 2.75) is 5.92 Å². The van der Waals surface area contributed by atoms with Crippen LogP contribution in [0.15, 0.2) is 84.1 Å². The van der Waals surface area contributed by atoms with Crippen LogP contribution < -0.4 is 0 Å². The SMILES string of the molecule is c1ccc(C2C=CN=C3c4nccc(-c5ccccc5)c4C=CC32)cc#1. The van der Waals surface area contributed by atoms with E-state index in [-0.39, 0.29) is 11.8 Å². The summed E-state index contributed by atoms with van der Waals surface area (Å²) in [7, 11) is 0. The molecule has 0 saturated carbocycles. The molecule has 1 aliphatic heterocycles. The number of allylic oxidation sites excluding steroid dienone is 2. The van der Waals surface area contributed by atoms with E-state index >= 15 is 0 Å². The molecule has 0 fully saturated rings. The van der Waals surface area contributed by atoms with Crippen LogP contribution in [0.5, 0.6) is 0 Å². The Morgan fingerprint density at radius 3 is 2.65 bits per heavy atom. The molecule has 2 aromatic carbocycles. The van der Waals surface area contributed by atoms with Gasteiger partial charge in [-0.15, -0.1) is 0 Å². The summed E-state index contributed by atoms with van der Waals surface area (Å²) in [6, 6.07) is 24.6. The molecule has 1 aliphatic carbocycles. The first-order valence-electron chi connectivity index (χ1n) is 8.77. The van der Waals surface area contributed by atoms with Gasteiger partial charge < -0.3 is 0 Å². The first-order chi connectivity index (χ1) is 12.9. The van der Waals surface area contributed by atoms with E-state index in [9.17, 15) is 0 Å². The summed E-state index contributed by atoms with van der Waals surface area (Å²) >= 11 is 0. The minimum Gasteiger partial charge on any atom is -0.259 e. The third kappa shape index (κ3) is 2.37. The average Bonchev–Trinajstić information content (AvgIpc) is 2.74. The quantitative estimate of drug-likeness (QED) is 0.641. The highest BCUT2D eigenvalue weighted by Gasteiger charge is 2.32. The number of aliphatic imine (C=N–C) groups is 1. The molecule has 0 N–H and O–H groups in total. The molecule has 5 rings (SSSR count). The van der Waals surface area contributed by atoms with Crippen molar-refractivity contribution in [1.29, 1.82) is 0 Å². The molecule has 1 aromatic heterocycles. The summed E-state index contributed by atoms with van der Waals surface area (Å²) in [4.78, 5) is 9.40. The second-order valence-corrected chi connectivity index (χ2v) is 6.52. The predicted molar refractivity (Wildman–Crippen MR) is 105 cm³/mol. The van der Waals surface area contributed by atoms with E-state index in [0.29, 0.717) is 0 Å². The molecule has 2 heteroatoms. The Morgan fingerprint density at radius 1 is 0.885 bits per heavy atom. The molecule has 2 nitrogen and oxygen atoms in total. The fraction of sp³-hybridized carbons (Fsp3) is 0.0833. The first kappa shape index (κ1) is 14.9. The van der Waals surface area contributed by atoms with E-state index in [1.807, 2.05) is 30.6 Å². The number of pyridine rings is 1. The van der Waals surface area contributed by atoms with Gasteiger partial charge in [0.25, 0.3) is 0 Å². The topological polar surface area (TPSA) is 25.2 Å². The van der Waals surface area contributed by atoms with E-state index in [1.54, 1.807) is 0 Å². The van der Waals surface area contributed by atoms with Crippen LogP contribution in [0, 0.1) is 18.1 Å². The third-order valence-electron chi connectivity index (χ3n) is 5.06. The molecule has 0 amide bonds. The number of aromatic nitrogens is 1. The van der Waals surface area contributed by atoms with Gasteiger partial charge in [0, 0.05) is 29.8 Å². The Bertz CT molecular complexity index is 1030. The molecule has 2 atom stereocenters. The van der Waals surface area contributed by atoms with Gasteiger partial charge >= 0.3 is 0 Å². The molecule has 2 heterocycles. The molecule has 122 valence electrons. The van der Waals surface area contributed by atoms with Gasteiger partial charge in [-0.1, -0.05) is 60.7 Å². The van der Waals surface area contributed by atoms with Crippen molar-refractivity contribution in [2.24, 2.45) is 10.9 Å². The van der Waals surface area contributed by atoms with Crippen LogP contribution in [0.4, 0.5) is 0 Å². The maximum Gasteiger partial charge on any atom is 0.0929 e. The van der Waals surface area contributed by atoms with Crippen molar-refractivity contribution in [3.63, 3.8) is 0 Å². The number of hydrogen-bond donors (Lipinski definition) is 0. The minimum absolute atomic E-state index is 0.196. The third-order valence-corrected chi connectivity index (χ3v) is 5.06. The van der Waals surface area contributed by atoms with E-state index in [1.165, 1.54) is 16.7 Å². The van der Waals surface area contributed by atoms with Crippen LogP contribution in [-0.2, 0) is 0 Å². The number of hydrogen-bond acceptors (Lipinski definition) is 2. The molecular formula is C24H16N2. The van der Waals surface area contributed by atoms with Gasteiger partial charge in [-0.2, -0.15) is 0 Å². The fourth-order valence-electron chi connectivity index (χ4n) is 3.82. The molecule has 0 bridgehead atoms. The van der Waals surface area contributed by atoms with Crippen molar-refractivity contribution in [2.75, 3.05) is 0 Å². The predicted octanol–water partition coefficient (Wildman–Crippen LogP) is 5.09. The van der Waals surface area contributed by atoms with Crippen LogP contribution in [0.2, 0.25) is 0 Å². The fourth-order valence-corrected chi connectivity index (χ4v) is 3.82. The van der Waals surface area contributed by atoms with Crippen LogP contribution in [0.3, 0.4) is 0 Å². The van der Waals surface area contributed by atoms with Gasteiger partial charge in [0.2, 0.25) is 0 Å². The Labute approximate surface area is 153 Å². The van der Waals surface area contributed by atoms with E-state index in [0.717, 1.165) is 17.0 Å². The maximum absolute atomic E-state index is 4.71. The van der Waals surface area contributed by atoms with Crippen LogP contribution >= 0.6 is 0 Å². The normalized spacial score (nSPS) is 19.9. The lowest BCUT2D eigenvalue weighted by molar-refractivity contribution is 0.728. The van der Waals surface area contributed by atoms with E-state index in [4.69, 9.17) is 4.99 Å². The summed E-state index contributed by atoms with van der Waals surface area (Å²) in [5, 5.41) is 0. The summed E-state index contributed by atoms with van der Waals surface area (Å²) in [6.45, 7) is 0. The van der Waals surface area contributed by atoms with Crippen molar-refractivity contribution in [1.82, 2.24) is 4.98 Å². The zero-order chi connectivity index (χ0) is 17.3. The molecule has 0 spiro atoms. The van der Waals surface area contributed by atoms with Crippen LogP contribution in [0.25, 0.3) is 17.2 Å². The van der Waals surface area contributed by atoms with E-state index < -0.39 is 0 Å². The summed E-state index contributed by atoms with van der Waals surface area (Å²) < 4.78 is 0. The summed E-state index contributed by atoms with van der Waals surface area (Å²) in [6.07, 6.45) is 10.4. The molecule has 3 aromatic rings. The number of benzene rings is 1. The molecular weight excluding hydrogens is 316 g/mol. The van der Waals surface area contributed by atoms with Gasteiger partial charge in [-0.25, -0.2) is 0 Å². The molecule has 0 saturated heterocycles. The highest BCUT2D eigenvalue weighted by Crippen LogP contribution is 2.39. The lowest BCUT2D eigenvalue weighted by Gasteiger charge is -2.30. The second kappa shape index (κ2) is 6.13. The van der Waals surface area contributed by atoms with Crippen LogP contribution in [0.1, 0.15) is 22.7 Å². The molecule has 0 radical (unpaired) electrons. The van der Waals surface area contributed by atoms with Gasteiger partial charge in [-0.3, -0.25) is 9.98 Å². The molecule has 2 aliphatic rings. The van der Waals surface area contributed by atoms with Crippen molar-refractivity contribution in [3.05, 3.63) is 108 Å². The Hall–Kier alpha value is -3.44. The monoisotopic (exact) mass is 332 g/mol. The lowest BCUT2D eigenvalue weighted by Crippen LogP contribution is -2.26. The number of nitrogens with zero attached hydrogens (tertiary/aromatic N) is 2. The lowest BCUT2D eigenvalue weighted by atomic mass is 9.76. The largest absolute Gasteiger partial charge is 0.259 e. The number of fused-ring (bicyclic) bond motifs is 3. The Balaban J connectivity index is 1.62. The van der Waals surface area contributed by atoms with Crippen molar-refractivity contribution in [3.8, 4) is 11.1 Å². The number of rotatable bonds is 2. The molecule has 26 heavy (non-hydrogen) atoms. The maximum atomic E-state index is 4.71. The summed E-state index contributed by atoms with van der Waals surface area (Å²) in [5.74, 6) is 0.446. The van der Waals surface area contributed by atoms with Gasteiger partial charge in [0.05, 0.1) is 11.4 Å². The molecule has 2 unspecified atom stereocenters. The standard InChI is InChI=1S/C24H16N2/c1-3-7-17(8-4-1)19-13-15-25-23-21(19)11-12-22-20(14-16-26-24(22)23)18-9-5-2-6-10-18/h1,3-5,7-16,20,22H. The zero-order valence-electron chi connectivity index (χ0n) is 14.1. The van der Waals surface area contributed by atoms with Gasteiger partial charge in [-0.05, 0) is 41.0 Å². The highest BCUT2D eigenvalue weighted by molar-refractivity contribution is 6.09. The Morgan fingerprint density at radius 2 is 1.81 bits per heavy atom.